The standard InChI is InChI=1S/C16H13Br2NO2/c1-2-3-4-19-15(20)11-5-9-7-13(17)14(18)8-10(9)6-12(11)16(19)21/h5-8H,2-4H2,1H3. The highest BCUT2D eigenvalue weighted by Crippen LogP contribution is 2.33. The Labute approximate surface area is 139 Å². The Bertz CT molecular complexity index is 710. The number of unbranched alkanes of at least 4 members (excludes halogenated alkanes) is 1. The van der Waals surface area contributed by atoms with Crippen LogP contribution >= 0.6 is 31.9 Å². The SMILES string of the molecule is CCCCN1C(=O)c2cc3cc(Br)c(Br)cc3cc2C1=O. The van der Waals surface area contributed by atoms with Gasteiger partial charge in [-0.1, -0.05) is 13.3 Å². The van der Waals surface area contributed by atoms with Gasteiger partial charge in [-0.2, -0.15) is 0 Å². The van der Waals surface area contributed by atoms with E-state index in [0.717, 1.165) is 32.6 Å². The summed E-state index contributed by atoms with van der Waals surface area (Å²) in [6.45, 7) is 2.54. The number of hydrogen-bond donors (Lipinski definition) is 0. The van der Waals surface area contributed by atoms with Gasteiger partial charge >= 0.3 is 0 Å². The molecule has 0 spiro atoms. The second-order valence-corrected chi connectivity index (χ2v) is 6.84. The van der Waals surface area contributed by atoms with Crippen molar-refractivity contribution in [1.82, 2.24) is 4.90 Å². The Morgan fingerprint density at radius 1 is 0.905 bits per heavy atom. The normalized spacial score (nSPS) is 14.1. The fraction of sp³-hybridized carbons (Fsp3) is 0.250. The molecule has 108 valence electrons. The molecule has 2 aromatic carbocycles. The molecule has 0 fully saturated rings. The summed E-state index contributed by atoms with van der Waals surface area (Å²) in [5.41, 5.74) is 1.02. The smallest absolute Gasteiger partial charge is 0.261 e. The van der Waals surface area contributed by atoms with Crippen LogP contribution in [0.4, 0.5) is 0 Å². The number of halogens is 2. The molecule has 1 heterocycles. The van der Waals surface area contributed by atoms with Crippen LogP contribution in [-0.4, -0.2) is 23.3 Å². The van der Waals surface area contributed by atoms with Crippen LogP contribution in [0.15, 0.2) is 33.2 Å². The van der Waals surface area contributed by atoms with Crippen LogP contribution in [0.25, 0.3) is 10.8 Å². The van der Waals surface area contributed by atoms with Gasteiger partial charge in [-0.3, -0.25) is 14.5 Å². The van der Waals surface area contributed by atoms with Crippen LogP contribution in [0.5, 0.6) is 0 Å². The molecule has 0 aromatic heterocycles. The van der Waals surface area contributed by atoms with Crippen LogP contribution < -0.4 is 0 Å². The van der Waals surface area contributed by atoms with Crippen molar-refractivity contribution in [2.45, 2.75) is 19.8 Å². The molecule has 0 aliphatic carbocycles. The van der Waals surface area contributed by atoms with Crippen LogP contribution in [0.2, 0.25) is 0 Å². The Hall–Kier alpha value is -1.20. The van der Waals surface area contributed by atoms with Crippen LogP contribution in [0.1, 0.15) is 40.5 Å². The van der Waals surface area contributed by atoms with Gasteiger partial charge in [0.05, 0.1) is 11.1 Å². The highest BCUT2D eigenvalue weighted by Gasteiger charge is 2.35. The van der Waals surface area contributed by atoms with Crippen molar-refractivity contribution >= 4 is 54.4 Å². The van der Waals surface area contributed by atoms with E-state index >= 15 is 0 Å². The molecule has 0 atom stereocenters. The number of nitrogens with zero attached hydrogens (tertiary/aromatic N) is 1. The summed E-state index contributed by atoms with van der Waals surface area (Å²) >= 11 is 6.92. The van der Waals surface area contributed by atoms with E-state index < -0.39 is 0 Å². The van der Waals surface area contributed by atoms with Crippen molar-refractivity contribution in [3.63, 3.8) is 0 Å². The van der Waals surface area contributed by atoms with E-state index in [0.29, 0.717) is 17.7 Å². The average molecular weight is 411 g/mol. The predicted molar refractivity (Wildman–Crippen MR) is 89.6 cm³/mol. The number of rotatable bonds is 3. The molecule has 3 nitrogen and oxygen atoms in total. The number of amides is 2. The largest absolute Gasteiger partial charge is 0.274 e. The Kier molecular flexibility index (Phi) is 3.88. The molecule has 0 saturated carbocycles. The van der Waals surface area contributed by atoms with E-state index in [2.05, 4.69) is 31.9 Å². The molecule has 0 unspecified atom stereocenters. The van der Waals surface area contributed by atoms with Gasteiger partial charge in [-0.05, 0) is 73.3 Å². The number of carbonyl (C=O) groups excluding carboxylic acids is 2. The van der Waals surface area contributed by atoms with Gasteiger partial charge in [0.1, 0.15) is 0 Å². The van der Waals surface area contributed by atoms with Crippen LogP contribution in [-0.2, 0) is 0 Å². The maximum atomic E-state index is 12.4. The maximum Gasteiger partial charge on any atom is 0.261 e. The lowest BCUT2D eigenvalue weighted by molar-refractivity contribution is 0.0652. The first-order valence-electron chi connectivity index (χ1n) is 6.82. The molecule has 0 radical (unpaired) electrons. The van der Waals surface area contributed by atoms with Crippen molar-refractivity contribution in [2.75, 3.05) is 6.54 Å². The summed E-state index contributed by atoms with van der Waals surface area (Å²) in [6.07, 6.45) is 1.79. The molecule has 1 aliphatic heterocycles. The average Bonchev–Trinajstić information content (AvgIpc) is 2.68. The monoisotopic (exact) mass is 409 g/mol. The van der Waals surface area contributed by atoms with Gasteiger partial charge in [0.2, 0.25) is 0 Å². The maximum absolute atomic E-state index is 12.4. The van der Waals surface area contributed by atoms with Crippen molar-refractivity contribution in [3.8, 4) is 0 Å². The number of benzene rings is 2. The third kappa shape index (κ3) is 2.42. The molecule has 21 heavy (non-hydrogen) atoms. The van der Waals surface area contributed by atoms with E-state index in [9.17, 15) is 9.59 Å². The highest BCUT2D eigenvalue weighted by atomic mass is 79.9. The van der Waals surface area contributed by atoms with Crippen LogP contribution in [0.3, 0.4) is 0 Å². The highest BCUT2D eigenvalue weighted by molar-refractivity contribution is 9.13. The summed E-state index contributed by atoms with van der Waals surface area (Å²) in [5, 5.41) is 1.89. The van der Waals surface area contributed by atoms with Crippen molar-refractivity contribution < 1.29 is 9.59 Å². The van der Waals surface area contributed by atoms with E-state index in [1.165, 1.54) is 4.90 Å². The van der Waals surface area contributed by atoms with Gasteiger partial charge in [0.25, 0.3) is 11.8 Å². The number of hydrogen-bond acceptors (Lipinski definition) is 2. The first-order chi connectivity index (χ1) is 10.0. The van der Waals surface area contributed by atoms with Gasteiger partial charge < -0.3 is 0 Å². The van der Waals surface area contributed by atoms with Crippen LogP contribution in [0, 0.1) is 0 Å². The molecule has 5 heteroatoms. The molecule has 0 bridgehead atoms. The third-order valence-corrected chi connectivity index (χ3v) is 5.55. The van der Waals surface area contributed by atoms with Gasteiger partial charge in [0, 0.05) is 15.5 Å². The van der Waals surface area contributed by atoms with E-state index in [1.807, 2.05) is 31.2 Å². The zero-order valence-electron chi connectivity index (χ0n) is 11.5. The third-order valence-electron chi connectivity index (χ3n) is 3.70. The quantitative estimate of drug-likeness (QED) is 0.684. The Morgan fingerprint density at radius 2 is 1.38 bits per heavy atom. The fourth-order valence-corrected chi connectivity index (χ4v) is 3.27. The molecule has 0 N–H and O–H groups in total. The summed E-state index contributed by atoms with van der Waals surface area (Å²) < 4.78 is 1.85. The summed E-state index contributed by atoms with van der Waals surface area (Å²) in [5.74, 6) is -0.353. The lowest BCUT2D eigenvalue weighted by Gasteiger charge is -2.12. The first kappa shape index (κ1) is 14.7. The van der Waals surface area contributed by atoms with Gasteiger partial charge in [0.15, 0.2) is 0 Å². The summed E-state index contributed by atoms with van der Waals surface area (Å²) in [4.78, 5) is 26.1. The van der Waals surface area contributed by atoms with Gasteiger partial charge in [-0.15, -0.1) is 0 Å². The van der Waals surface area contributed by atoms with Crippen molar-refractivity contribution in [1.29, 1.82) is 0 Å². The van der Waals surface area contributed by atoms with Gasteiger partial charge in [-0.25, -0.2) is 0 Å². The molecule has 0 saturated heterocycles. The van der Waals surface area contributed by atoms with Crippen molar-refractivity contribution in [2.24, 2.45) is 0 Å². The molecular weight excluding hydrogens is 398 g/mol. The summed E-state index contributed by atoms with van der Waals surface area (Å²) in [6, 6.07) is 7.53. The minimum Gasteiger partial charge on any atom is -0.274 e. The van der Waals surface area contributed by atoms with Crippen molar-refractivity contribution in [3.05, 3.63) is 44.3 Å². The minimum atomic E-state index is -0.176. The minimum absolute atomic E-state index is 0.176. The zero-order valence-corrected chi connectivity index (χ0v) is 14.6. The lowest BCUT2D eigenvalue weighted by Crippen LogP contribution is -2.30. The topological polar surface area (TPSA) is 37.4 Å². The molecule has 1 aliphatic rings. The zero-order chi connectivity index (χ0) is 15.1. The molecule has 2 aromatic rings. The molecular formula is C16H13Br2NO2. The number of fused-ring (bicyclic) bond motifs is 2. The second kappa shape index (κ2) is 5.54. The lowest BCUT2D eigenvalue weighted by atomic mass is 10.0. The predicted octanol–water partition coefficient (Wildman–Crippen LogP) is 4.76. The first-order valence-corrected chi connectivity index (χ1v) is 8.40. The number of imide groups is 1. The molecule has 2 amide bonds. The van der Waals surface area contributed by atoms with E-state index in [1.54, 1.807) is 0 Å². The number of carbonyl (C=O) groups is 2. The fourth-order valence-electron chi connectivity index (χ4n) is 2.55. The summed E-state index contributed by atoms with van der Waals surface area (Å²) in [7, 11) is 0. The van der Waals surface area contributed by atoms with E-state index in [-0.39, 0.29) is 11.8 Å². The Balaban J connectivity index is 2.12. The molecule has 3 rings (SSSR count). The Morgan fingerprint density at radius 3 is 1.81 bits per heavy atom. The second-order valence-electron chi connectivity index (χ2n) is 5.13. The van der Waals surface area contributed by atoms with E-state index in [4.69, 9.17) is 0 Å².